The first-order valence-corrected chi connectivity index (χ1v) is 21.0. The van der Waals surface area contributed by atoms with Crippen LogP contribution in [0.25, 0.3) is 0 Å². The molecule has 0 bridgehead atoms. The Hall–Kier alpha value is -1.40. The van der Waals surface area contributed by atoms with Crippen LogP contribution in [0.15, 0.2) is 12.2 Å². The Morgan fingerprint density at radius 1 is 0.849 bits per heavy atom. The van der Waals surface area contributed by atoms with Gasteiger partial charge in [0, 0.05) is 36.5 Å². The van der Waals surface area contributed by atoms with E-state index in [1.165, 1.54) is 0 Å². The van der Waals surface area contributed by atoms with Gasteiger partial charge >= 0.3 is 5.97 Å². The van der Waals surface area contributed by atoms with Crippen LogP contribution in [-0.2, 0) is 33.3 Å². The van der Waals surface area contributed by atoms with Crippen molar-refractivity contribution in [1.29, 1.82) is 0 Å². The molecule has 53 heavy (non-hydrogen) atoms. The van der Waals surface area contributed by atoms with Gasteiger partial charge in [-0.05, 0) is 89.0 Å². The Labute approximate surface area is 319 Å². The van der Waals surface area contributed by atoms with Crippen molar-refractivity contribution in [2.45, 2.75) is 200 Å². The molecular formula is C43H72O10. The molecule has 0 aromatic heterocycles. The molecule has 0 saturated carbocycles. The molecule has 304 valence electrons. The van der Waals surface area contributed by atoms with Crippen LogP contribution < -0.4 is 0 Å². The number of rotatable bonds is 12. The lowest BCUT2D eigenvalue weighted by atomic mass is 9.72. The van der Waals surface area contributed by atoms with Crippen LogP contribution in [-0.4, -0.2) is 86.5 Å². The van der Waals surface area contributed by atoms with Crippen molar-refractivity contribution in [3.8, 4) is 0 Å². The number of Topliss-reactive ketones (excluding diaryl/α,β-unsaturated/α-hetero) is 1. The Balaban J connectivity index is 1.29. The highest BCUT2D eigenvalue weighted by atomic mass is 16.8. The number of aliphatic carboxylic acids is 1. The maximum atomic E-state index is 14.5. The first-order chi connectivity index (χ1) is 24.8. The lowest BCUT2D eigenvalue weighted by molar-refractivity contribution is -0.393. The van der Waals surface area contributed by atoms with Gasteiger partial charge in [0.25, 0.3) is 0 Å². The Bertz CT molecular complexity index is 1320. The van der Waals surface area contributed by atoms with Gasteiger partial charge in [-0.3, -0.25) is 9.59 Å². The molecular weight excluding hydrogens is 676 g/mol. The average Bonchev–Trinajstić information content (AvgIpc) is 3.44. The average molecular weight is 749 g/mol. The van der Waals surface area contributed by atoms with Gasteiger partial charge in [0.1, 0.15) is 5.78 Å². The number of carbonyl (C=O) groups excluding carboxylic acids is 1. The van der Waals surface area contributed by atoms with Gasteiger partial charge in [-0.15, -0.1) is 0 Å². The summed E-state index contributed by atoms with van der Waals surface area (Å²) in [6.45, 7) is 22.1. The second-order valence-electron chi connectivity index (χ2n) is 18.4. The van der Waals surface area contributed by atoms with Crippen molar-refractivity contribution < 1.29 is 48.6 Å². The van der Waals surface area contributed by atoms with Crippen LogP contribution in [0.1, 0.15) is 140 Å². The summed E-state index contributed by atoms with van der Waals surface area (Å²) in [5, 5.41) is 32.7. The lowest BCUT2D eigenvalue weighted by Gasteiger charge is -2.53. The zero-order valence-corrected chi connectivity index (χ0v) is 34.5. The number of aliphatic hydroxyl groups excluding tert-OH is 1. The molecule has 10 nitrogen and oxygen atoms in total. The number of carbonyl (C=O) groups is 2. The minimum atomic E-state index is -1.07. The predicted molar refractivity (Wildman–Crippen MR) is 202 cm³/mol. The Morgan fingerprint density at radius 3 is 2.09 bits per heavy atom. The normalized spacial score (nSPS) is 46.2. The van der Waals surface area contributed by atoms with Gasteiger partial charge < -0.3 is 39.0 Å². The van der Waals surface area contributed by atoms with Crippen molar-refractivity contribution in [3.05, 3.63) is 12.2 Å². The van der Waals surface area contributed by atoms with E-state index in [1.807, 2.05) is 54.5 Å². The monoisotopic (exact) mass is 749 g/mol. The van der Waals surface area contributed by atoms with E-state index in [0.717, 1.165) is 19.3 Å². The van der Waals surface area contributed by atoms with Crippen LogP contribution in [0.3, 0.4) is 0 Å². The summed E-state index contributed by atoms with van der Waals surface area (Å²) in [4.78, 5) is 26.5. The number of hydrogen-bond acceptors (Lipinski definition) is 9. The zero-order chi connectivity index (χ0) is 39.3. The molecule has 0 aromatic carbocycles. The third-order valence-electron chi connectivity index (χ3n) is 14.7. The maximum Gasteiger partial charge on any atom is 0.309 e. The summed E-state index contributed by atoms with van der Waals surface area (Å²) < 4.78 is 34.0. The number of ether oxygens (including phenoxy) is 5. The Morgan fingerprint density at radius 2 is 1.49 bits per heavy atom. The largest absolute Gasteiger partial charge is 0.481 e. The highest BCUT2D eigenvalue weighted by molar-refractivity contribution is 5.84. The highest BCUT2D eigenvalue weighted by Crippen LogP contribution is 2.54. The van der Waals surface area contributed by atoms with Crippen molar-refractivity contribution in [2.75, 3.05) is 0 Å². The van der Waals surface area contributed by atoms with E-state index < -0.39 is 64.8 Å². The SMILES string of the molecule is CC[C@@H](C(=O)[C@@H](C)[C@@H](O)[C@H](C)[C@@H]1O[C@@H]([C@@H](CC)C(=O)O)[C@@H](C)C[C@@H]1C)C1O[C@]2(C=CC[C@]3(CC[C@@](C)([C@H]4CC[C@](O)(CC)[C@H](C)O4)O3)O2)[C@H](C)C[C@@H]1C. The Kier molecular flexibility index (Phi) is 13.1. The quantitative estimate of drug-likeness (QED) is 0.172. The van der Waals surface area contributed by atoms with Crippen molar-refractivity contribution >= 4 is 11.8 Å². The van der Waals surface area contributed by atoms with Crippen LogP contribution in [0.4, 0.5) is 0 Å². The standard InChI is InChI=1S/C43H72O10/c1-12-31(35(45)28(8)34(44)29(9)36-24(4)22-25(5)37(50-36)32(13-2)39(46)47)38-26(6)23-27(7)43(51-38)18-15-17-42(53-43)21-20-40(11,52-42)33-16-19-41(48,14-3)30(10)49-33/h15,18,24-34,36-38,44,48H,12-14,16-17,19-23H2,1-11H3,(H,46,47)/t24-,25-,26-,27+,28-,29-,30-,31-,32+,33+,34+,36+,37+,38?,40-,41+,42+,43-/m0/s1. The first-order valence-electron chi connectivity index (χ1n) is 21.0. The fourth-order valence-electron chi connectivity index (χ4n) is 11.0. The summed E-state index contributed by atoms with van der Waals surface area (Å²) in [5.41, 5.74) is -1.40. The zero-order valence-electron chi connectivity index (χ0n) is 34.5. The number of hydrogen-bond donors (Lipinski definition) is 3. The highest BCUT2D eigenvalue weighted by Gasteiger charge is 2.60. The fraction of sp³-hybridized carbons (Fsp3) is 0.907. The molecule has 0 aliphatic carbocycles. The third kappa shape index (κ3) is 8.08. The fourth-order valence-corrected chi connectivity index (χ4v) is 11.0. The molecule has 10 heteroatoms. The van der Waals surface area contributed by atoms with Gasteiger partial charge in [-0.25, -0.2) is 0 Å². The molecule has 2 spiro atoms. The summed E-state index contributed by atoms with van der Waals surface area (Å²) in [6.07, 6.45) is 8.18. The predicted octanol–water partition coefficient (Wildman–Crippen LogP) is 7.46. The second kappa shape index (κ2) is 16.2. The minimum absolute atomic E-state index is 0.0109. The van der Waals surface area contributed by atoms with Gasteiger partial charge in [0.05, 0.1) is 53.7 Å². The van der Waals surface area contributed by atoms with E-state index in [1.54, 1.807) is 0 Å². The molecule has 5 aliphatic rings. The minimum Gasteiger partial charge on any atom is -0.481 e. The molecule has 5 aliphatic heterocycles. The van der Waals surface area contributed by atoms with E-state index >= 15 is 0 Å². The molecule has 5 rings (SSSR count). The summed E-state index contributed by atoms with van der Waals surface area (Å²) in [5.74, 6) is -4.68. The van der Waals surface area contributed by atoms with Gasteiger partial charge in [0.2, 0.25) is 0 Å². The molecule has 4 fully saturated rings. The summed E-state index contributed by atoms with van der Waals surface area (Å²) in [6, 6.07) is 0. The van der Waals surface area contributed by atoms with Crippen LogP contribution in [0, 0.1) is 47.3 Å². The van der Waals surface area contributed by atoms with Crippen molar-refractivity contribution in [1.82, 2.24) is 0 Å². The molecule has 1 unspecified atom stereocenters. The molecule has 4 saturated heterocycles. The van der Waals surface area contributed by atoms with Gasteiger partial charge in [0.15, 0.2) is 11.6 Å². The molecule has 3 N–H and O–H groups in total. The van der Waals surface area contributed by atoms with E-state index in [4.69, 9.17) is 23.7 Å². The maximum absolute atomic E-state index is 14.5. The van der Waals surface area contributed by atoms with Gasteiger partial charge in [-0.1, -0.05) is 68.4 Å². The number of carboxylic acids is 1. The third-order valence-corrected chi connectivity index (χ3v) is 14.7. The number of ketones is 1. The van der Waals surface area contributed by atoms with Crippen molar-refractivity contribution in [3.63, 3.8) is 0 Å². The van der Waals surface area contributed by atoms with Crippen LogP contribution in [0.2, 0.25) is 0 Å². The molecule has 0 amide bonds. The van der Waals surface area contributed by atoms with E-state index in [0.29, 0.717) is 44.9 Å². The first kappa shape index (κ1) is 42.7. The van der Waals surface area contributed by atoms with E-state index in [2.05, 4.69) is 33.8 Å². The van der Waals surface area contributed by atoms with Crippen LogP contribution in [0.5, 0.6) is 0 Å². The number of carboxylic acid groups (broad SMARTS) is 1. The van der Waals surface area contributed by atoms with Crippen molar-refractivity contribution in [2.24, 2.45) is 47.3 Å². The molecule has 0 radical (unpaired) electrons. The van der Waals surface area contributed by atoms with E-state index in [-0.39, 0.29) is 53.7 Å². The number of aliphatic hydroxyl groups is 2. The lowest BCUT2D eigenvalue weighted by Crippen LogP contribution is -2.60. The summed E-state index contributed by atoms with van der Waals surface area (Å²) >= 11 is 0. The molecule has 18 atom stereocenters. The van der Waals surface area contributed by atoms with Gasteiger partial charge in [-0.2, -0.15) is 0 Å². The molecule has 5 heterocycles. The topological polar surface area (TPSA) is 141 Å². The van der Waals surface area contributed by atoms with Crippen LogP contribution >= 0.6 is 0 Å². The second-order valence-corrected chi connectivity index (χ2v) is 18.4. The molecule has 0 aromatic rings. The van der Waals surface area contributed by atoms with E-state index in [9.17, 15) is 24.9 Å². The smallest absolute Gasteiger partial charge is 0.309 e. The summed E-state index contributed by atoms with van der Waals surface area (Å²) in [7, 11) is 0.